The van der Waals surface area contributed by atoms with E-state index in [4.69, 9.17) is 0 Å². The number of carbonyl (C=O) groups is 1. The van der Waals surface area contributed by atoms with Gasteiger partial charge in [-0.1, -0.05) is 0 Å². The molecule has 0 unspecified atom stereocenters. The SMILES string of the molecule is O=C/C=C(\F)c1n[nH]c2ncccc12. The Kier molecular flexibility index (Phi) is 2.06. The average Bonchev–Trinajstić information content (AvgIpc) is 2.61. The number of fused-ring (bicyclic) bond motifs is 1. The van der Waals surface area contributed by atoms with Gasteiger partial charge in [-0.2, -0.15) is 5.10 Å². The number of hydrogen-bond acceptors (Lipinski definition) is 3. The topological polar surface area (TPSA) is 58.6 Å². The molecule has 4 nitrogen and oxygen atoms in total. The smallest absolute Gasteiger partial charge is 0.155 e. The van der Waals surface area contributed by atoms with Crippen LogP contribution in [0.5, 0.6) is 0 Å². The van der Waals surface area contributed by atoms with Gasteiger partial charge in [-0.15, -0.1) is 0 Å². The van der Waals surface area contributed by atoms with Crippen LogP contribution in [0.4, 0.5) is 4.39 Å². The molecule has 1 N–H and O–H groups in total. The van der Waals surface area contributed by atoms with Gasteiger partial charge in [-0.25, -0.2) is 9.37 Å². The molecule has 2 aromatic rings. The summed E-state index contributed by atoms with van der Waals surface area (Å²) in [6, 6.07) is 3.36. The molecular weight excluding hydrogens is 185 g/mol. The standard InChI is InChI=1S/C9H6FN3O/c10-7(3-5-14)8-6-2-1-4-11-9(6)13-12-8/h1-5H,(H,11,12,13)/b7-3-. The largest absolute Gasteiger partial charge is 0.298 e. The number of carbonyl (C=O) groups excluding carboxylic acids is 1. The number of aromatic amines is 1. The van der Waals surface area contributed by atoms with Crippen LogP contribution in [0, 0.1) is 0 Å². The summed E-state index contributed by atoms with van der Waals surface area (Å²) in [5, 5.41) is 6.85. The van der Waals surface area contributed by atoms with Crippen LogP contribution in [0.25, 0.3) is 16.9 Å². The summed E-state index contributed by atoms with van der Waals surface area (Å²) in [5.74, 6) is -0.667. The second-order valence-electron chi connectivity index (χ2n) is 2.62. The molecule has 2 aromatic heterocycles. The number of aromatic nitrogens is 3. The van der Waals surface area contributed by atoms with Gasteiger partial charge in [-0.3, -0.25) is 9.89 Å². The second-order valence-corrected chi connectivity index (χ2v) is 2.62. The highest BCUT2D eigenvalue weighted by atomic mass is 19.1. The van der Waals surface area contributed by atoms with E-state index in [0.29, 0.717) is 17.3 Å². The minimum absolute atomic E-state index is 0.111. The maximum Gasteiger partial charge on any atom is 0.155 e. The van der Waals surface area contributed by atoms with Gasteiger partial charge < -0.3 is 0 Å². The molecule has 0 aliphatic heterocycles. The van der Waals surface area contributed by atoms with E-state index in [1.165, 1.54) is 0 Å². The molecule has 0 saturated heterocycles. The van der Waals surface area contributed by atoms with Crippen LogP contribution in [0.1, 0.15) is 5.69 Å². The number of rotatable bonds is 2. The normalized spacial score (nSPS) is 11.9. The van der Waals surface area contributed by atoms with Crippen LogP contribution < -0.4 is 0 Å². The van der Waals surface area contributed by atoms with Gasteiger partial charge >= 0.3 is 0 Å². The molecule has 0 bridgehead atoms. The van der Waals surface area contributed by atoms with Crippen molar-refractivity contribution in [2.75, 3.05) is 0 Å². The van der Waals surface area contributed by atoms with Crippen molar-refractivity contribution in [2.24, 2.45) is 0 Å². The Morgan fingerprint density at radius 1 is 1.57 bits per heavy atom. The summed E-state index contributed by atoms with van der Waals surface area (Å²) >= 11 is 0. The van der Waals surface area contributed by atoms with Crippen molar-refractivity contribution in [3.63, 3.8) is 0 Å². The molecule has 14 heavy (non-hydrogen) atoms. The number of nitrogens with one attached hydrogen (secondary N) is 1. The highest BCUT2D eigenvalue weighted by Gasteiger charge is 2.09. The highest BCUT2D eigenvalue weighted by molar-refractivity contribution is 5.89. The first kappa shape index (κ1) is 8.55. The Morgan fingerprint density at radius 3 is 3.21 bits per heavy atom. The van der Waals surface area contributed by atoms with Crippen molar-refractivity contribution < 1.29 is 9.18 Å². The summed E-state index contributed by atoms with van der Waals surface area (Å²) in [4.78, 5) is 14.0. The zero-order valence-electron chi connectivity index (χ0n) is 7.07. The molecule has 2 heterocycles. The number of aldehydes is 1. The third kappa shape index (κ3) is 1.28. The van der Waals surface area contributed by atoms with Crippen molar-refractivity contribution in [2.45, 2.75) is 0 Å². The van der Waals surface area contributed by atoms with Gasteiger partial charge in [0.2, 0.25) is 0 Å². The van der Waals surface area contributed by atoms with E-state index in [1.807, 2.05) is 0 Å². The van der Waals surface area contributed by atoms with E-state index >= 15 is 0 Å². The van der Waals surface area contributed by atoms with Gasteiger partial charge in [0.1, 0.15) is 12.0 Å². The molecule has 0 saturated carbocycles. The summed E-state index contributed by atoms with van der Waals surface area (Å²) in [5.41, 5.74) is 0.608. The van der Waals surface area contributed by atoms with Gasteiger partial charge in [-0.05, 0) is 12.1 Å². The minimum Gasteiger partial charge on any atom is -0.298 e. The molecule has 0 amide bonds. The Labute approximate surface area is 78.5 Å². The third-order valence-corrected chi connectivity index (χ3v) is 1.78. The Hall–Kier alpha value is -2.04. The number of allylic oxidation sites excluding steroid dienone is 1. The van der Waals surface area contributed by atoms with Gasteiger partial charge in [0, 0.05) is 17.7 Å². The number of H-pyrrole nitrogens is 1. The van der Waals surface area contributed by atoms with Crippen LogP contribution in [0.2, 0.25) is 0 Å². The number of hydrogen-bond donors (Lipinski definition) is 1. The molecule has 0 fully saturated rings. The number of halogens is 1. The van der Waals surface area contributed by atoms with Gasteiger partial charge in [0.25, 0.3) is 0 Å². The lowest BCUT2D eigenvalue weighted by Crippen LogP contribution is -1.80. The molecule has 2 rings (SSSR count). The maximum absolute atomic E-state index is 13.2. The number of pyridine rings is 1. The first-order valence-electron chi connectivity index (χ1n) is 3.93. The van der Waals surface area contributed by atoms with E-state index in [-0.39, 0.29) is 5.69 Å². The Balaban J connectivity index is 2.64. The predicted molar refractivity (Wildman–Crippen MR) is 49.0 cm³/mol. The molecule has 0 aliphatic rings. The highest BCUT2D eigenvalue weighted by Crippen LogP contribution is 2.21. The Bertz CT molecular complexity index is 503. The quantitative estimate of drug-likeness (QED) is 0.577. The zero-order valence-corrected chi connectivity index (χ0v) is 7.07. The predicted octanol–water partition coefficient (Wildman–Crippen LogP) is 1.47. The molecule has 0 spiro atoms. The van der Waals surface area contributed by atoms with E-state index < -0.39 is 5.83 Å². The van der Waals surface area contributed by atoms with E-state index in [0.717, 1.165) is 6.08 Å². The van der Waals surface area contributed by atoms with Crippen molar-refractivity contribution >= 4 is 23.1 Å². The second kappa shape index (κ2) is 3.37. The summed E-state index contributed by atoms with van der Waals surface area (Å²) in [7, 11) is 0. The van der Waals surface area contributed by atoms with Crippen molar-refractivity contribution in [1.29, 1.82) is 0 Å². The van der Waals surface area contributed by atoms with E-state index in [9.17, 15) is 9.18 Å². The van der Waals surface area contributed by atoms with Gasteiger partial charge in [0.05, 0.1) is 0 Å². The monoisotopic (exact) mass is 191 g/mol. The van der Waals surface area contributed by atoms with E-state index in [1.54, 1.807) is 18.3 Å². The fourth-order valence-electron chi connectivity index (χ4n) is 1.18. The lowest BCUT2D eigenvalue weighted by Gasteiger charge is -1.89. The van der Waals surface area contributed by atoms with Crippen LogP contribution in [-0.2, 0) is 4.79 Å². The maximum atomic E-state index is 13.2. The molecule has 0 atom stereocenters. The molecular formula is C9H6FN3O. The molecule has 0 aromatic carbocycles. The first-order valence-corrected chi connectivity index (χ1v) is 3.93. The van der Waals surface area contributed by atoms with Crippen LogP contribution in [0.3, 0.4) is 0 Å². The molecule has 0 radical (unpaired) electrons. The molecule has 0 aliphatic carbocycles. The first-order chi connectivity index (χ1) is 6.83. The minimum atomic E-state index is -0.667. The number of nitrogens with zero attached hydrogens (tertiary/aromatic N) is 2. The third-order valence-electron chi connectivity index (χ3n) is 1.78. The fourth-order valence-corrected chi connectivity index (χ4v) is 1.18. The van der Waals surface area contributed by atoms with Crippen LogP contribution in [-0.4, -0.2) is 21.5 Å². The van der Waals surface area contributed by atoms with Crippen molar-refractivity contribution in [1.82, 2.24) is 15.2 Å². The average molecular weight is 191 g/mol. The lowest BCUT2D eigenvalue weighted by atomic mass is 10.2. The van der Waals surface area contributed by atoms with Crippen LogP contribution in [0.15, 0.2) is 24.4 Å². The van der Waals surface area contributed by atoms with Crippen molar-refractivity contribution in [3.8, 4) is 0 Å². The summed E-state index contributed by atoms with van der Waals surface area (Å²) in [6.07, 6.45) is 2.78. The van der Waals surface area contributed by atoms with Crippen molar-refractivity contribution in [3.05, 3.63) is 30.1 Å². The van der Waals surface area contributed by atoms with E-state index in [2.05, 4.69) is 15.2 Å². The molecule has 5 heteroatoms. The molecule has 70 valence electrons. The zero-order chi connectivity index (χ0) is 9.97. The Morgan fingerprint density at radius 2 is 2.43 bits per heavy atom. The summed E-state index contributed by atoms with van der Waals surface area (Å²) in [6.45, 7) is 0. The fraction of sp³-hybridized carbons (Fsp3) is 0. The van der Waals surface area contributed by atoms with Crippen LogP contribution >= 0.6 is 0 Å². The summed E-state index contributed by atoms with van der Waals surface area (Å²) < 4.78 is 13.2. The lowest BCUT2D eigenvalue weighted by molar-refractivity contribution is -0.104. The van der Waals surface area contributed by atoms with Gasteiger partial charge in [0.15, 0.2) is 11.5 Å².